The summed E-state index contributed by atoms with van der Waals surface area (Å²) in [6.45, 7) is 5.86. The van der Waals surface area contributed by atoms with E-state index in [1.165, 1.54) is 5.69 Å². The zero-order chi connectivity index (χ0) is 16.5. The first-order valence-corrected chi connectivity index (χ1v) is 8.72. The van der Waals surface area contributed by atoms with Crippen molar-refractivity contribution in [2.75, 3.05) is 31.1 Å². The van der Waals surface area contributed by atoms with Crippen LogP contribution in [0, 0.1) is 18.8 Å². The predicted octanol–water partition coefficient (Wildman–Crippen LogP) is 2.99. The average Bonchev–Trinajstić information content (AvgIpc) is 3.05. The maximum absolute atomic E-state index is 12.9. The van der Waals surface area contributed by atoms with Crippen LogP contribution >= 0.6 is 0 Å². The first-order valence-electron chi connectivity index (χ1n) is 8.72. The average molecular weight is 321 g/mol. The van der Waals surface area contributed by atoms with E-state index in [2.05, 4.69) is 20.9 Å². The molecule has 0 unspecified atom stereocenters. The SMILES string of the molecule is Cc1ccccc1C(=O)N1C[C@@H]2CCN(c3cccnc3)C[C@@H]2C1. The van der Waals surface area contributed by atoms with Gasteiger partial charge in [0.1, 0.15) is 0 Å². The third-order valence-electron chi connectivity index (χ3n) is 5.47. The molecular weight excluding hydrogens is 298 g/mol. The highest BCUT2D eigenvalue weighted by molar-refractivity contribution is 5.95. The van der Waals surface area contributed by atoms with Crippen LogP contribution in [0.5, 0.6) is 0 Å². The second-order valence-corrected chi connectivity index (χ2v) is 6.99. The van der Waals surface area contributed by atoms with Crippen molar-refractivity contribution in [1.29, 1.82) is 0 Å². The number of piperidine rings is 1. The molecule has 2 aliphatic heterocycles. The molecule has 0 aliphatic carbocycles. The van der Waals surface area contributed by atoms with Crippen LogP contribution in [-0.2, 0) is 0 Å². The van der Waals surface area contributed by atoms with Crippen molar-refractivity contribution in [2.24, 2.45) is 11.8 Å². The quantitative estimate of drug-likeness (QED) is 0.853. The topological polar surface area (TPSA) is 36.4 Å². The monoisotopic (exact) mass is 321 g/mol. The summed E-state index contributed by atoms with van der Waals surface area (Å²) in [5.74, 6) is 1.38. The van der Waals surface area contributed by atoms with Crippen LogP contribution < -0.4 is 4.90 Å². The third-order valence-corrected chi connectivity index (χ3v) is 5.47. The van der Waals surface area contributed by atoms with Crippen molar-refractivity contribution in [3.05, 3.63) is 59.9 Å². The number of fused-ring (bicyclic) bond motifs is 1. The van der Waals surface area contributed by atoms with Gasteiger partial charge in [0.05, 0.1) is 11.9 Å². The van der Waals surface area contributed by atoms with Gasteiger partial charge in [-0.15, -0.1) is 0 Å². The van der Waals surface area contributed by atoms with Crippen LogP contribution in [0.2, 0.25) is 0 Å². The minimum atomic E-state index is 0.190. The highest BCUT2D eigenvalue weighted by atomic mass is 16.2. The molecule has 1 aromatic heterocycles. The Labute approximate surface area is 143 Å². The van der Waals surface area contributed by atoms with E-state index in [-0.39, 0.29) is 5.91 Å². The van der Waals surface area contributed by atoms with Crippen LogP contribution in [0.3, 0.4) is 0 Å². The minimum Gasteiger partial charge on any atom is -0.370 e. The highest BCUT2D eigenvalue weighted by Gasteiger charge is 2.39. The van der Waals surface area contributed by atoms with Crippen LogP contribution in [0.15, 0.2) is 48.8 Å². The molecule has 0 bridgehead atoms. The largest absolute Gasteiger partial charge is 0.370 e. The van der Waals surface area contributed by atoms with Crippen molar-refractivity contribution in [1.82, 2.24) is 9.88 Å². The first-order chi connectivity index (χ1) is 11.7. The van der Waals surface area contributed by atoms with Crippen molar-refractivity contribution >= 4 is 11.6 Å². The second kappa shape index (κ2) is 6.27. The Morgan fingerprint density at radius 3 is 2.71 bits per heavy atom. The molecule has 124 valence electrons. The van der Waals surface area contributed by atoms with Gasteiger partial charge in [0.15, 0.2) is 0 Å². The minimum absolute atomic E-state index is 0.190. The van der Waals surface area contributed by atoms with Gasteiger partial charge < -0.3 is 9.80 Å². The molecule has 2 saturated heterocycles. The number of hydrogen-bond donors (Lipinski definition) is 0. The summed E-state index contributed by atoms with van der Waals surface area (Å²) >= 11 is 0. The molecule has 0 saturated carbocycles. The van der Waals surface area contributed by atoms with Gasteiger partial charge in [-0.1, -0.05) is 18.2 Å². The summed E-state index contributed by atoms with van der Waals surface area (Å²) in [5.41, 5.74) is 3.11. The number of anilines is 1. The van der Waals surface area contributed by atoms with Crippen LogP contribution in [0.1, 0.15) is 22.3 Å². The van der Waals surface area contributed by atoms with Gasteiger partial charge in [-0.25, -0.2) is 0 Å². The molecule has 0 N–H and O–H groups in total. The lowest BCUT2D eigenvalue weighted by Gasteiger charge is -2.35. The lowest BCUT2D eigenvalue weighted by molar-refractivity contribution is 0.0784. The van der Waals surface area contributed by atoms with E-state index in [1.54, 1.807) is 0 Å². The van der Waals surface area contributed by atoms with Crippen molar-refractivity contribution in [3.8, 4) is 0 Å². The number of aryl methyl sites for hydroxylation is 1. The molecule has 2 atom stereocenters. The van der Waals surface area contributed by atoms with E-state index in [4.69, 9.17) is 0 Å². The number of aromatic nitrogens is 1. The summed E-state index contributed by atoms with van der Waals surface area (Å²) in [6, 6.07) is 12.0. The predicted molar refractivity (Wildman–Crippen MR) is 95.1 cm³/mol. The Morgan fingerprint density at radius 1 is 1.08 bits per heavy atom. The normalized spacial score (nSPS) is 23.2. The van der Waals surface area contributed by atoms with Gasteiger partial charge in [-0.3, -0.25) is 9.78 Å². The zero-order valence-corrected chi connectivity index (χ0v) is 14.1. The van der Waals surface area contributed by atoms with E-state index in [1.807, 2.05) is 49.6 Å². The van der Waals surface area contributed by atoms with Crippen LogP contribution in [-0.4, -0.2) is 42.0 Å². The Morgan fingerprint density at radius 2 is 1.92 bits per heavy atom. The number of hydrogen-bond acceptors (Lipinski definition) is 3. The highest BCUT2D eigenvalue weighted by Crippen LogP contribution is 2.34. The smallest absolute Gasteiger partial charge is 0.254 e. The number of likely N-dealkylation sites (tertiary alicyclic amines) is 1. The number of rotatable bonds is 2. The van der Waals surface area contributed by atoms with Crippen LogP contribution in [0.25, 0.3) is 0 Å². The molecule has 4 nitrogen and oxygen atoms in total. The molecular formula is C20H23N3O. The van der Waals surface area contributed by atoms with Gasteiger partial charge >= 0.3 is 0 Å². The Bertz CT molecular complexity index is 731. The summed E-state index contributed by atoms with van der Waals surface area (Å²) in [4.78, 5) is 21.6. The molecule has 2 aliphatic rings. The Balaban J connectivity index is 1.47. The van der Waals surface area contributed by atoms with Gasteiger partial charge in [-0.2, -0.15) is 0 Å². The maximum atomic E-state index is 12.9. The molecule has 1 amide bonds. The van der Waals surface area contributed by atoms with E-state index < -0.39 is 0 Å². The molecule has 4 heteroatoms. The van der Waals surface area contributed by atoms with Gasteiger partial charge in [-0.05, 0) is 48.9 Å². The molecule has 4 rings (SSSR count). The fourth-order valence-electron chi connectivity index (χ4n) is 4.09. The zero-order valence-electron chi connectivity index (χ0n) is 14.1. The van der Waals surface area contributed by atoms with Crippen LogP contribution in [0.4, 0.5) is 5.69 Å². The number of nitrogens with zero attached hydrogens (tertiary/aromatic N) is 3. The molecule has 1 aromatic carbocycles. The van der Waals surface area contributed by atoms with Crippen molar-refractivity contribution < 1.29 is 4.79 Å². The summed E-state index contributed by atoms with van der Waals surface area (Å²) < 4.78 is 0. The number of benzene rings is 1. The maximum Gasteiger partial charge on any atom is 0.254 e. The second-order valence-electron chi connectivity index (χ2n) is 6.99. The lowest BCUT2D eigenvalue weighted by Crippen LogP contribution is -2.40. The lowest BCUT2D eigenvalue weighted by atomic mass is 9.88. The Kier molecular flexibility index (Phi) is 3.97. The molecule has 0 spiro atoms. The third kappa shape index (κ3) is 2.77. The number of carbonyl (C=O) groups is 1. The number of carbonyl (C=O) groups excluding carboxylic acids is 1. The van der Waals surface area contributed by atoms with E-state index >= 15 is 0 Å². The molecule has 0 radical (unpaired) electrons. The number of amides is 1. The fraction of sp³-hybridized carbons (Fsp3) is 0.400. The molecule has 2 fully saturated rings. The van der Waals surface area contributed by atoms with E-state index in [0.717, 1.165) is 43.7 Å². The van der Waals surface area contributed by atoms with Gasteiger partial charge in [0.25, 0.3) is 5.91 Å². The number of pyridine rings is 1. The molecule has 3 heterocycles. The summed E-state index contributed by atoms with van der Waals surface area (Å²) in [7, 11) is 0. The molecule has 24 heavy (non-hydrogen) atoms. The summed E-state index contributed by atoms with van der Waals surface area (Å²) in [6.07, 6.45) is 4.90. The standard InChI is InChI=1S/C20H23N3O/c1-15-5-2-3-7-19(15)20(24)23-12-16-8-10-22(13-17(16)14-23)18-6-4-9-21-11-18/h2-7,9,11,16-17H,8,10,12-14H2,1H3/t16-,17+/m0/s1. The van der Waals surface area contributed by atoms with E-state index in [0.29, 0.717) is 11.8 Å². The Hall–Kier alpha value is -2.36. The van der Waals surface area contributed by atoms with Gasteiger partial charge in [0, 0.05) is 37.9 Å². The fourth-order valence-corrected chi connectivity index (χ4v) is 4.09. The first kappa shape index (κ1) is 15.2. The van der Waals surface area contributed by atoms with Crippen molar-refractivity contribution in [2.45, 2.75) is 13.3 Å². The van der Waals surface area contributed by atoms with Crippen molar-refractivity contribution in [3.63, 3.8) is 0 Å². The summed E-state index contributed by atoms with van der Waals surface area (Å²) in [5, 5.41) is 0. The van der Waals surface area contributed by atoms with E-state index in [9.17, 15) is 4.79 Å². The molecule has 2 aromatic rings. The van der Waals surface area contributed by atoms with Gasteiger partial charge in [0.2, 0.25) is 0 Å².